The molecule has 1 aromatic carbocycles. The summed E-state index contributed by atoms with van der Waals surface area (Å²) in [7, 11) is 0. The van der Waals surface area contributed by atoms with Crippen molar-refractivity contribution in [2.45, 2.75) is 27.2 Å². The van der Waals surface area contributed by atoms with E-state index in [4.69, 9.17) is 4.74 Å². The Kier molecular flexibility index (Phi) is 6.19. The molecule has 1 aromatic heterocycles. The van der Waals surface area contributed by atoms with Crippen LogP contribution in [0.3, 0.4) is 0 Å². The lowest BCUT2D eigenvalue weighted by Gasteiger charge is -2.23. The smallest absolute Gasteiger partial charge is 0.357 e. The zero-order chi connectivity index (χ0) is 16.1. The third kappa shape index (κ3) is 3.98. The first kappa shape index (κ1) is 17.2. The predicted octanol–water partition coefficient (Wildman–Crippen LogP) is 4.78. The Labute approximate surface area is 148 Å². The summed E-state index contributed by atoms with van der Waals surface area (Å²) in [5.41, 5.74) is 2.71. The number of benzene rings is 1. The van der Waals surface area contributed by atoms with E-state index in [1.807, 2.05) is 0 Å². The number of thiazole rings is 1. The van der Waals surface area contributed by atoms with Crippen LogP contribution in [0.2, 0.25) is 0 Å². The standard InChI is InChI=1S/C16H19IN2O2S/c1-4-8-19(14-9-12(17)7-6-11(14)3)16-18-13(10-22-16)15(20)21-5-2/h6-7,9-10H,4-5,8H2,1-3H3. The number of hydrogen-bond acceptors (Lipinski definition) is 5. The minimum absolute atomic E-state index is 0.360. The Morgan fingerprint density at radius 1 is 1.41 bits per heavy atom. The summed E-state index contributed by atoms with van der Waals surface area (Å²) in [5, 5.41) is 2.59. The second kappa shape index (κ2) is 7.92. The molecule has 22 heavy (non-hydrogen) atoms. The zero-order valence-corrected chi connectivity index (χ0v) is 15.9. The van der Waals surface area contributed by atoms with Crippen molar-refractivity contribution in [1.29, 1.82) is 0 Å². The average Bonchev–Trinajstić information content (AvgIpc) is 2.97. The molecule has 2 aromatic rings. The van der Waals surface area contributed by atoms with Gasteiger partial charge in [-0.3, -0.25) is 0 Å². The van der Waals surface area contributed by atoms with Gasteiger partial charge in [-0.2, -0.15) is 0 Å². The van der Waals surface area contributed by atoms with Gasteiger partial charge in [0.15, 0.2) is 10.8 Å². The summed E-state index contributed by atoms with van der Waals surface area (Å²) in [6.07, 6.45) is 0.999. The van der Waals surface area contributed by atoms with Crippen LogP contribution in [0.1, 0.15) is 36.3 Å². The lowest BCUT2D eigenvalue weighted by molar-refractivity contribution is 0.0520. The van der Waals surface area contributed by atoms with Gasteiger partial charge in [-0.15, -0.1) is 11.3 Å². The quantitative estimate of drug-likeness (QED) is 0.489. The summed E-state index contributed by atoms with van der Waals surface area (Å²) in [5.74, 6) is -0.360. The van der Waals surface area contributed by atoms with E-state index in [-0.39, 0.29) is 5.97 Å². The normalized spacial score (nSPS) is 10.5. The van der Waals surface area contributed by atoms with Crippen molar-refractivity contribution in [1.82, 2.24) is 4.98 Å². The average molecular weight is 430 g/mol. The molecule has 0 aliphatic heterocycles. The molecule has 0 bridgehead atoms. The van der Waals surface area contributed by atoms with Crippen LogP contribution >= 0.6 is 33.9 Å². The van der Waals surface area contributed by atoms with Gasteiger partial charge < -0.3 is 9.64 Å². The second-order valence-electron chi connectivity index (χ2n) is 4.82. The van der Waals surface area contributed by atoms with Gasteiger partial charge in [0.25, 0.3) is 0 Å². The molecule has 0 saturated heterocycles. The number of esters is 1. The fourth-order valence-corrected chi connectivity index (χ4v) is 3.41. The highest BCUT2D eigenvalue weighted by atomic mass is 127. The van der Waals surface area contributed by atoms with Crippen molar-refractivity contribution in [2.24, 2.45) is 0 Å². The van der Waals surface area contributed by atoms with Crippen LogP contribution in [0, 0.1) is 10.5 Å². The SMILES string of the molecule is CCCN(c1nc(C(=O)OCC)cs1)c1cc(I)ccc1C. The number of hydrogen-bond donors (Lipinski definition) is 0. The van der Waals surface area contributed by atoms with Crippen LogP contribution in [-0.4, -0.2) is 24.1 Å². The lowest BCUT2D eigenvalue weighted by atomic mass is 10.2. The van der Waals surface area contributed by atoms with E-state index >= 15 is 0 Å². The Morgan fingerprint density at radius 3 is 2.86 bits per heavy atom. The first-order valence-corrected chi connectivity index (χ1v) is 9.19. The van der Waals surface area contributed by atoms with Crippen LogP contribution in [0.5, 0.6) is 0 Å². The van der Waals surface area contributed by atoms with Gasteiger partial charge in [0, 0.05) is 21.2 Å². The number of aromatic nitrogens is 1. The molecule has 0 aliphatic rings. The molecule has 1 heterocycles. The third-order valence-electron chi connectivity index (χ3n) is 3.12. The highest BCUT2D eigenvalue weighted by Gasteiger charge is 2.18. The first-order valence-electron chi connectivity index (χ1n) is 7.23. The molecule has 0 unspecified atom stereocenters. The van der Waals surface area contributed by atoms with E-state index in [0.717, 1.165) is 23.8 Å². The number of carbonyl (C=O) groups is 1. The molecule has 0 spiro atoms. The number of halogens is 1. The van der Waals surface area contributed by atoms with Gasteiger partial charge >= 0.3 is 5.97 Å². The summed E-state index contributed by atoms with van der Waals surface area (Å²) in [6.45, 7) is 7.24. The zero-order valence-electron chi connectivity index (χ0n) is 12.9. The molecule has 0 aliphatic carbocycles. The number of nitrogens with zero attached hydrogens (tertiary/aromatic N) is 2. The Hall–Kier alpha value is -1.15. The molecule has 0 fully saturated rings. The molecule has 118 valence electrons. The number of ether oxygens (including phenoxy) is 1. The maximum Gasteiger partial charge on any atom is 0.357 e. The highest BCUT2D eigenvalue weighted by molar-refractivity contribution is 14.1. The van der Waals surface area contributed by atoms with E-state index in [0.29, 0.717) is 12.3 Å². The van der Waals surface area contributed by atoms with Crippen LogP contribution in [0.25, 0.3) is 0 Å². The molecule has 2 rings (SSSR count). The van der Waals surface area contributed by atoms with Crippen molar-refractivity contribution in [3.05, 3.63) is 38.4 Å². The molecular weight excluding hydrogens is 411 g/mol. The molecule has 0 amide bonds. The van der Waals surface area contributed by atoms with Crippen molar-refractivity contribution >= 4 is 50.7 Å². The van der Waals surface area contributed by atoms with Gasteiger partial charge in [-0.05, 0) is 60.6 Å². The number of carbonyl (C=O) groups excluding carboxylic acids is 1. The fraction of sp³-hybridized carbons (Fsp3) is 0.375. The highest BCUT2D eigenvalue weighted by Crippen LogP contribution is 2.32. The molecule has 4 nitrogen and oxygen atoms in total. The minimum atomic E-state index is -0.360. The van der Waals surface area contributed by atoms with Crippen molar-refractivity contribution < 1.29 is 9.53 Å². The van der Waals surface area contributed by atoms with Crippen molar-refractivity contribution in [3.8, 4) is 0 Å². The van der Waals surface area contributed by atoms with E-state index in [1.165, 1.54) is 20.5 Å². The van der Waals surface area contributed by atoms with Gasteiger partial charge in [-0.25, -0.2) is 9.78 Å². The number of anilines is 2. The summed E-state index contributed by atoms with van der Waals surface area (Å²) in [4.78, 5) is 18.4. The molecule has 0 saturated carbocycles. The van der Waals surface area contributed by atoms with E-state index < -0.39 is 0 Å². The summed E-state index contributed by atoms with van der Waals surface area (Å²) in [6, 6.07) is 6.35. The number of aryl methyl sites for hydroxylation is 1. The maximum absolute atomic E-state index is 11.8. The van der Waals surface area contributed by atoms with Gasteiger partial charge in [0.1, 0.15) is 0 Å². The largest absolute Gasteiger partial charge is 0.461 e. The Balaban J connectivity index is 2.36. The second-order valence-corrected chi connectivity index (χ2v) is 6.90. The van der Waals surface area contributed by atoms with Gasteiger partial charge in [0.05, 0.1) is 6.61 Å². The maximum atomic E-state index is 11.8. The predicted molar refractivity (Wildman–Crippen MR) is 99.3 cm³/mol. The van der Waals surface area contributed by atoms with Crippen LogP contribution in [0.15, 0.2) is 23.6 Å². The van der Waals surface area contributed by atoms with Crippen LogP contribution in [0.4, 0.5) is 10.8 Å². The number of rotatable bonds is 6. The first-order chi connectivity index (χ1) is 10.6. The topological polar surface area (TPSA) is 42.4 Å². The lowest BCUT2D eigenvalue weighted by Crippen LogP contribution is -2.19. The van der Waals surface area contributed by atoms with Gasteiger partial charge in [0.2, 0.25) is 0 Å². The Morgan fingerprint density at radius 2 is 2.18 bits per heavy atom. The Bertz CT molecular complexity index is 657. The van der Waals surface area contributed by atoms with E-state index in [2.05, 4.69) is 64.5 Å². The molecule has 0 N–H and O–H groups in total. The van der Waals surface area contributed by atoms with E-state index in [9.17, 15) is 4.79 Å². The van der Waals surface area contributed by atoms with Crippen LogP contribution < -0.4 is 4.90 Å². The van der Waals surface area contributed by atoms with E-state index in [1.54, 1.807) is 12.3 Å². The van der Waals surface area contributed by atoms with Gasteiger partial charge in [-0.1, -0.05) is 13.0 Å². The van der Waals surface area contributed by atoms with Crippen molar-refractivity contribution in [3.63, 3.8) is 0 Å². The molecule has 0 atom stereocenters. The minimum Gasteiger partial charge on any atom is -0.461 e. The summed E-state index contributed by atoms with van der Waals surface area (Å²) >= 11 is 3.78. The monoisotopic (exact) mass is 430 g/mol. The molecular formula is C16H19IN2O2S. The van der Waals surface area contributed by atoms with Crippen molar-refractivity contribution in [2.75, 3.05) is 18.1 Å². The molecule has 6 heteroatoms. The fourth-order valence-electron chi connectivity index (χ4n) is 2.10. The molecule has 0 radical (unpaired) electrons. The van der Waals surface area contributed by atoms with Crippen LogP contribution in [-0.2, 0) is 4.74 Å². The summed E-state index contributed by atoms with van der Waals surface area (Å²) < 4.78 is 6.20. The third-order valence-corrected chi connectivity index (χ3v) is 4.65.